The van der Waals surface area contributed by atoms with Crippen LogP contribution in [0.1, 0.15) is 15.9 Å². The zero-order valence-corrected chi connectivity index (χ0v) is 13.8. The number of carbonyl (C=O) groups excluding carboxylic acids is 1. The van der Waals surface area contributed by atoms with Crippen LogP contribution in [0, 0.1) is 0 Å². The molecule has 0 saturated heterocycles. The summed E-state index contributed by atoms with van der Waals surface area (Å²) in [6.07, 6.45) is 2.49. The number of fused-ring (bicyclic) bond motifs is 1. The maximum atomic E-state index is 12.4. The summed E-state index contributed by atoms with van der Waals surface area (Å²) in [6.45, 7) is 0.571. The summed E-state index contributed by atoms with van der Waals surface area (Å²) in [5.41, 5.74) is 2.69. The number of ether oxygens (including phenoxy) is 2. The Morgan fingerprint density at radius 2 is 1.75 bits per heavy atom. The minimum atomic E-state index is -0.0944. The maximum absolute atomic E-state index is 12.4. The molecular formula is C19H20N2O3. The Bertz CT molecular complexity index is 837. The minimum Gasteiger partial charge on any atom is -0.497 e. The molecule has 0 aliphatic heterocycles. The van der Waals surface area contributed by atoms with Gasteiger partial charge in [-0.15, -0.1) is 0 Å². The minimum absolute atomic E-state index is 0.0944. The van der Waals surface area contributed by atoms with Crippen molar-refractivity contribution in [1.82, 2.24) is 10.3 Å². The van der Waals surface area contributed by atoms with E-state index < -0.39 is 0 Å². The summed E-state index contributed by atoms with van der Waals surface area (Å²) >= 11 is 0. The van der Waals surface area contributed by atoms with Crippen molar-refractivity contribution in [2.75, 3.05) is 20.8 Å². The average Bonchev–Trinajstić information content (AvgIpc) is 3.05. The van der Waals surface area contributed by atoms with Crippen molar-refractivity contribution < 1.29 is 14.3 Å². The lowest BCUT2D eigenvalue weighted by molar-refractivity contribution is 0.0956. The van der Waals surface area contributed by atoms with Crippen LogP contribution in [0.2, 0.25) is 0 Å². The van der Waals surface area contributed by atoms with E-state index in [0.717, 1.165) is 34.4 Å². The molecule has 0 atom stereocenters. The number of H-pyrrole nitrogens is 1. The first-order chi connectivity index (χ1) is 11.7. The lowest BCUT2D eigenvalue weighted by Crippen LogP contribution is -2.25. The van der Waals surface area contributed by atoms with Gasteiger partial charge in [0.25, 0.3) is 5.91 Å². The van der Waals surface area contributed by atoms with Gasteiger partial charge in [0.2, 0.25) is 0 Å². The number of amides is 1. The molecule has 3 aromatic rings. The first kappa shape index (κ1) is 15.9. The number of aromatic nitrogens is 1. The Hall–Kier alpha value is -2.95. The van der Waals surface area contributed by atoms with E-state index in [2.05, 4.69) is 10.3 Å². The van der Waals surface area contributed by atoms with E-state index in [1.54, 1.807) is 20.4 Å². The van der Waals surface area contributed by atoms with Gasteiger partial charge in [0, 0.05) is 23.6 Å². The third kappa shape index (κ3) is 3.35. The van der Waals surface area contributed by atoms with Crippen molar-refractivity contribution in [1.29, 1.82) is 0 Å². The fraction of sp³-hybridized carbons (Fsp3) is 0.211. The lowest BCUT2D eigenvalue weighted by atomic mass is 10.1. The van der Waals surface area contributed by atoms with Gasteiger partial charge in [-0.25, -0.2) is 0 Å². The lowest BCUT2D eigenvalue weighted by Gasteiger charge is -2.06. The van der Waals surface area contributed by atoms with Crippen molar-refractivity contribution in [3.8, 4) is 11.5 Å². The van der Waals surface area contributed by atoms with Crippen LogP contribution in [0.25, 0.3) is 10.9 Å². The smallest absolute Gasteiger partial charge is 0.253 e. The van der Waals surface area contributed by atoms with E-state index in [0.29, 0.717) is 12.1 Å². The second-order valence-electron chi connectivity index (χ2n) is 5.47. The summed E-state index contributed by atoms with van der Waals surface area (Å²) in [7, 11) is 3.26. The van der Waals surface area contributed by atoms with Crippen LogP contribution in [0.5, 0.6) is 11.5 Å². The van der Waals surface area contributed by atoms with Gasteiger partial charge >= 0.3 is 0 Å². The van der Waals surface area contributed by atoms with Gasteiger partial charge in [-0.2, -0.15) is 0 Å². The molecule has 2 N–H and O–H groups in total. The summed E-state index contributed by atoms with van der Waals surface area (Å²) < 4.78 is 10.4. The number of rotatable bonds is 6. The van der Waals surface area contributed by atoms with Crippen LogP contribution < -0.4 is 14.8 Å². The molecule has 0 radical (unpaired) electrons. The SMILES string of the molecule is COc1ccc(CCNC(=O)c2c[nH]c3ccc(OC)cc23)cc1. The van der Waals surface area contributed by atoms with Gasteiger partial charge < -0.3 is 19.8 Å². The summed E-state index contributed by atoms with van der Waals surface area (Å²) in [5, 5.41) is 3.82. The Kier molecular flexibility index (Phi) is 4.70. The van der Waals surface area contributed by atoms with Crippen molar-refractivity contribution in [3.63, 3.8) is 0 Å². The highest BCUT2D eigenvalue weighted by molar-refractivity contribution is 6.07. The molecule has 0 spiro atoms. The van der Waals surface area contributed by atoms with Gasteiger partial charge in [0.15, 0.2) is 0 Å². The number of hydrogen-bond acceptors (Lipinski definition) is 3. The third-order valence-corrected chi connectivity index (χ3v) is 3.99. The van der Waals surface area contributed by atoms with Crippen molar-refractivity contribution in [2.24, 2.45) is 0 Å². The van der Waals surface area contributed by atoms with Crippen LogP contribution in [-0.4, -0.2) is 31.7 Å². The molecule has 0 saturated carbocycles. The highest BCUT2D eigenvalue weighted by Crippen LogP contribution is 2.23. The number of aromatic amines is 1. The molecule has 1 amide bonds. The quantitative estimate of drug-likeness (QED) is 0.732. The largest absolute Gasteiger partial charge is 0.497 e. The van der Waals surface area contributed by atoms with E-state index >= 15 is 0 Å². The molecule has 0 unspecified atom stereocenters. The third-order valence-electron chi connectivity index (χ3n) is 3.99. The normalized spacial score (nSPS) is 10.6. The maximum Gasteiger partial charge on any atom is 0.253 e. The molecule has 2 aromatic carbocycles. The molecule has 5 nitrogen and oxygen atoms in total. The van der Waals surface area contributed by atoms with Crippen molar-refractivity contribution in [3.05, 3.63) is 59.8 Å². The predicted molar refractivity (Wildman–Crippen MR) is 93.9 cm³/mol. The second-order valence-corrected chi connectivity index (χ2v) is 5.47. The van der Waals surface area contributed by atoms with Crippen LogP contribution >= 0.6 is 0 Å². The summed E-state index contributed by atoms with van der Waals surface area (Å²) in [4.78, 5) is 15.5. The number of nitrogens with one attached hydrogen (secondary N) is 2. The average molecular weight is 324 g/mol. The zero-order valence-electron chi connectivity index (χ0n) is 13.8. The van der Waals surface area contributed by atoms with Gasteiger partial charge in [-0.05, 0) is 42.3 Å². The van der Waals surface area contributed by atoms with Gasteiger partial charge in [0.1, 0.15) is 11.5 Å². The van der Waals surface area contributed by atoms with E-state index in [-0.39, 0.29) is 5.91 Å². The molecule has 3 rings (SSSR count). The predicted octanol–water partition coefficient (Wildman–Crippen LogP) is 3.16. The standard InChI is InChI=1S/C19H20N2O3/c1-23-14-5-3-13(4-6-14)9-10-20-19(22)17-12-21-18-8-7-15(24-2)11-16(17)18/h3-8,11-12,21H,9-10H2,1-2H3,(H,20,22). The van der Waals surface area contributed by atoms with Crippen molar-refractivity contribution >= 4 is 16.8 Å². The fourth-order valence-corrected chi connectivity index (χ4v) is 2.62. The number of hydrogen-bond donors (Lipinski definition) is 2. The first-order valence-corrected chi connectivity index (χ1v) is 7.77. The summed E-state index contributed by atoms with van der Waals surface area (Å²) in [5.74, 6) is 1.47. The molecule has 5 heteroatoms. The molecule has 0 fully saturated rings. The van der Waals surface area contributed by atoms with Crippen LogP contribution in [-0.2, 0) is 6.42 Å². The van der Waals surface area contributed by atoms with Crippen LogP contribution in [0.3, 0.4) is 0 Å². The van der Waals surface area contributed by atoms with Gasteiger partial charge in [-0.1, -0.05) is 12.1 Å². The highest BCUT2D eigenvalue weighted by Gasteiger charge is 2.12. The first-order valence-electron chi connectivity index (χ1n) is 7.77. The van der Waals surface area contributed by atoms with E-state index in [1.165, 1.54) is 0 Å². The molecule has 24 heavy (non-hydrogen) atoms. The summed E-state index contributed by atoms with van der Waals surface area (Å²) in [6, 6.07) is 13.5. The molecular weight excluding hydrogens is 304 g/mol. The number of carbonyl (C=O) groups is 1. The molecule has 124 valence electrons. The Balaban J connectivity index is 1.64. The number of benzene rings is 2. The molecule has 0 aliphatic rings. The van der Waals surface area contributed by atoms with E-state index in [1.807, 2.05) is 42.5 Å². The Morgan fingerprint density at radius 1 is 1.04 bits per heavy atom. The molecule has 0 aliphatic carbocycles. The molecule has 1 heterocycles. The fourth-order valence-electron chi connectivity index (χ4n) is 2.62. The Labute approximate surface area is 140 Å². The van der Waals surface area contributed by atoms with Crippen LogP contribution in [0.4, 0.5) is 0 Å². The second kappa shape index (κ2) is 7.08. The van der Waals surface area contributed by atoms with Crippen molar-refractivity contribution in [2.45, 2.75) is 6.42 Å². The Morgan fingerprint density at radius 3 is 2.46 bits per heavy atom. The van der Waals surface area contributed by atoms with Gasteiger partial charge in [-0.3, -0.25) is 4.79 Å². The topological polar surface area (TPSA) is 63.3 Å². The van der Waals surface area contributed by atoms with Gasteiger partial charge in [0.05, 0.1) is 19.8 Å². The van der Waals surface area contributed by atoms with E-state index in [9.17, 15) is 4.79 Å². The monoisotopic (exact) mass is 324 g/mol. The van der Waals surface area contributed by atoms with Crippen LogP contribution in [0.15, 0.2) is 48.7 Å². The highest BCUT2D eigenvalue weighted by atomic mass is 16.5. The zero-order chi connectivity index (χ0) is 16.9. The van der Waals surface area contributed by atoms with E-state index in [4.69, 9.17) is 9.47 Å². The number of methoxy groups -OCH3 is 2. The molecule has 1 aromatic heterocycles. The molecule has 0 bridgehead atoms.